The molecule has 0 saturated carbocycles. The lowest BCUT2D eigenvalue weighted by molar-refractivity contribution is -0.148. The summed E-state index contributed by atoms with van der Waals surface area (Å²) >= 11 is 0. The molecule has 0 amide bonds. The Labute approximate surface area is 114 Å². The number of hydrogen-bond donors (Lipinski definition) is 1. The van der Waals surface area contributed by atoms with Gasteiger partial charge >= 0.3 is 5.97 Å². The number of carbonyl (C=O) groups is 1. The third kappa shape index (κ3) is 2.89. The summed E-state index contributed by atoms with van der Waals surface area (Å²) < 4.78 is 5.26. The number of benzene rings is 1. The smallest absolute Gasteiger partial charge is 0.333 e. The van der Waals surface area contributed by atoms with Crippen LogP contribution in [0.4, 0.5) is 5.69 Å². The summed E-state index contributed by atoms with van der Waals surface area (Å²) in [6.45, 7) is 5.88. The van der Waals surface area contributed by atoms with E-state index >= 15 is 0 Å². The van der Waals surface area contributed by atoms with Gasteiger partial charge in [-0.15, -0.1) is 0 Å². The van der Waals surface area contributed by atoms with Gasteiger partial charge in [0.25, 0.3) is 0 Å². The summed E-state index contributed by atoms with van der Waals surface area (Å²) in [6.07, 6.45) is 0.774. The third-order valence-electron chi connectivity index (χ3n) is 3.65. The van der Waals surface area contributed by atoms with Crippen molar-refractivity contribution in [3.8, 4) is 0 Å². The molecule has 1 N–H and O–H groups in total. The second-order valence-electron chi connectivity index (χ2n) is 5.23. The molecular weight excluding hydrogens is 240 g/mol. The van der Waals surface area contributed by atoms with Crippen molar-refractivity contribution in [2.75, 3.05) is 32.1 Å². The fourth-order valence-corrected chi connectivity index (χ4v) is 2.56. The van der Waals surface area contributed by atoms with E-state index in [-0.39, 0.29) is 5.97 Å². The van der Waals surface area contributed by atoms with E-state index < -0.39 is 5.54 Å². The van der Waals surface area contributed by atoms with E-state index in [2.05, 4.69) is 10.2 Å². The number of rotatable bonds is 4. The van der Waals surface area contributed by atoms with Crippen molar-refractivity contribution in [3.63, 3.8) is 0 Å². The van der Waals surface area contributed by atoms with E-state index in [1.54, 1.807) is 0 Å². The maximum Gasteiger partial charge on any atom is 0.333 e. The van der Waals surface area contributed by atoms with E-state index in [1.807, 2.05) is 45.2 Å². The van der Waals surface area contributed by atoms with Gasteiger partial charge in [0.1, 0.15) is 5.54 Å². The van der Waals surface area contributed by atoms with Gasteiger partial charge in [0.2, 0.25) is 0 Å². The normalized spacial score (nSPS) is 23.3. The van der Waals surface area contributed by atoms with Crippen LogP contribution in [0.15, 0.2) is 24.3 Å². The van der Waals surface area contributed by atoms with Gasteiger partial charge in [-0.05, 0) is 38.9 Å². The number of likely N-dealkylation sites (tertiary alicyclic amines) is 1. The van der Waals surface area contributed by atoms with Crippen molar-refractivity contribution in [1.29, 1.82) is 0 Å². The predicted molar refractivity (Wildman–Crippen MR) is 76.3 cm³/mol. The average molecular weight is 262 g/mol. The molecule has 1 aliphatic heterocycles. The molecule has 104 valence electrons. The quantitative estimate of drug-likeness (QED) is 0.843. The van der Waals surface area contributed by atoms with Gasteiger partial charge in [0.05, 0.1) is 6.61 Å². The standard InChI is InChI=1S/C15H22N2O2/c1-4-19-14(18)15(9-10-17(3)11-15)16-13-8-6-5-7-12(13)2/h5-8,16H,4,9-11H2,1-3H3. The molecule has 19 heavy (non-hydrogen) atoms. The van der Waals surface area contributed by atoms with Gasteiger partial charge in [-0.2, -0.15) is 0 Å². The molecule has 0 spiro atoms. The van der Waals surface area contributed by atoms with E-state index in [0.717, 1.165) is 24.2 Å². The van der Waals surface area contributed by atoms with Crippen LogP contribution in [-0.4, -0.2) is 43.2 Å². The molecule has 0 aromatic heterocycles. The highest BCUT2D eigenvalue weighted by molar-refractivity contribution is 5.85. The Morgan fingerprint density at radius 2 is 2.21 bits per heavy atom. The molecule has 0 bridgehead atoms. The topological polar surface area (TPSA) is 41.6 Å². The molecule has 1 fully saturated rings. The van der Waals surface area contributed by atoms with Crippen molar-refractivity contribution < 1.29 is 9.53 Å². The van der Waals surface area contributed by atoms with Crippen molar-refractivity contribution >= 4 is 11.7 Å². The van der Waals surface area contributed by atoms with E-state index in [4.69, 9.17) is 4.74 Å². The summed E-state index contributed by atoms with van der Waals surface area (Å²) in [5.74, 6) is -0.150. The van der Waals surface area contributed by atoms with Crippen LogP contribution < -0.4 is 5.32 Å². The second kappa shape index (κ2) is 5.61. The van der Waals surface area contributed by atoms with E-state index in [1.165, 1.54) is 0 Å². The Morgan fingerprint density at radius 3 is 2.79 bits per heavy atom. The van der Waals surface area contributed by atoms with Crippen molar-refractivity contribution in [1.82, 2.24) is 4.90 Å². The van der Waals surface area contributed by atoms with Crippen LogP contribution >= 0.6 is 0 Å². The Hall–Kier alpha value is -1.55. The van der Waals surface area contributed by atoms with Crippen LogP contribution in [0.3, 0.4) is 0 Å². The minimum Gasteiger partial charge on any atom is -0.464 e. The molecular formula is C15H22N2O2. The Morgan fingerprint density at radius 1 is 1.47 bits per heavy atom. The molecule has 1 unspecified atom stereocenters. The van der Waals surface area contributed by atoms with E-state index in [9.17, 15) is 4.79 Å². The van der Waals surface area contributed by atoms with Gasteiger partial charge in [-0.25, -0.2) is 4.79 Å². The zero-order valence-electron chi connectivity index (χ0n) is 11.9. The van der Waals surface area contributed by atoms with Gasteiger partial charge in [-0.1, -0.05) is 18.2 Å². The molecule has 0 radical (unpaired) electrons. The van der Waals surface area contributed by atoms with Crippen molar-refractivity contribution in [2.45, 2.75) is 25.8 Å². The first-order valence-corrected chi connectivity index (χ1v) is 6.77. The van der Waals surface area contributed by atoms with E-state index in [0.29, 0.717) is 13.2 Å². The predicted octanol–water partition coefficient (Wildman–Crippen LogP) is 2.04. The highest BCUT2D eigenvalue weighted by Gasteiger charge is 2.45. The maximum atomic E-state index is 12.3. The first kappa shape index (κ1) is 13.9. The number of likely N-dealkylation sites (N-methyl/N-ethyl adjacent to an activating group) is 1. The molecule has 0 aliphatic carbocycles. The third-order valence-corrected chi connectivity index (χ3v) is 3.65. The average Bonchev–Trinajstić information content (AvgIpc) is 2.75. The van der Waals surface area contributed by atoms with Gasteiger partial charge < -0.3 is 15.0 Å². The molecule has 1 aromatic carbocycles. The molecule has 1 saturated heterocycles. The number of hydrogen-bond acceptors (Lipinski definition) is 4. The fraction of sp³-hybridized carbons (Fsp3) is 0.533. The number of anilines is 1. The summed E-state index contributed by atoms with van der Waals surface area (Å²) in [4.78, 5) is 14.5. The number of ether oxygens (including phenoxy) is 1. The molecule has 2 rings (SSSR count). The monoisotopic (exact) mass is 262 g/mol. The number of nitrogens with one attached hydrogen (secondary N) is 1. The summed E-state index contributed by atoms with van der Waals surface area (Å²) in [7, 11) is 2.03. The molecule has 1 aromatic rings. The maximum absolute atomic E-state index is 12.3. The van der Waals surface area contributed by atoms with Gasteiger partial charge in [0.15, 0.2) is 0 Å². The summed E-state index contributed by atoms with van der Waals surface area (Å²) in [6, 6.07) is 8.03. The SMILES string of the molecule is CCOC(=O)C1(Nc2ccccc2C)CCN(C)C1. The lowest BCUT2D eigenvalue weighted by atomic mass is 9.97. The Bertz CT molecular complexity index is 461. The second-order valence-corrected chi connectivity index (χ2v) is 5.23. The van der Waals surface area contributed by atoms with Crippen molar-refractivity contribution in [2.24, 2.45) is 0 Å². The molecule has 1 atom stereocenters. The fourth-order valence-electron chi connectivity index (χ4n) is 2.56. The number of aryl methyl sites for hydroxylation is 1. The highest BCUT2D eigenvalue weighted by Crippen LogP contribution is 2.28. The highest BCUT2D eigenvalue weighted by atomic mass is 16.5. The summed E-state index contributed by atoms with van der Waals surface area (Å²) in [5.41, 5.74) is 1.53. The van der Waals surface area contributed by atoms with Gasteiger partial charge in [0, 0.05) is 18.8 Å². The Balaban J connectivity index is 2.24. The van der Waals surface area contributed by atoms with Crippen LogP contribution in [0, 0.1) is 6.92 Å². The zero-order valence-corrected chi connectivity index (χ0v) is 11.9. The van der Waals surface area contributed by atoms with Gasteiger partial charge in [-0.3, -0.25) is 0 Å². The Kier molecular flexibility index (Phi) is 4.10. The molecule has 4 heteroatoms. The first-order valence-electron chi connectivity index (χ1n) is 6.77. The van der Waals surface area contributed by atoms with Crippen molar-refractivity contribution in [3.05, 3.63) is 29.8 Å². The minimum atomic E-state index is -0.614. The number of para-hydroxylation sites is 1. The lowest BCUT2D eigenvalue weighted by Gasteiger charge is -2.29. The summed E-state index contributed by atoms with van der Waals surface area (Å²) in [5, 5.41) is 3.42. The first-order chi connectivity index (χ1) is 9.07. The van der Waals surface area contributed by atoms with Crippen LogP contribution in [0.1, 0.15) is 18.9 Å². The van der Waals surface area contributed by atoms with Crippen LogP contribution in [-0.2, 0) is 9.53 Å². The molecule has 4 nitrogen and oxygen atoms in total. The number of esters is 1. The number of nitrogens with zero attached hydrogens (tertiary/aromatic N) is 1. The van der Waals surface area contributed by atoms with Crippen LogP contribution in [0.5, 0.6) is 0 Å². The molecule has 1 heterocycles. The molecule has 1 aliphatic rings. The lowest BCUT2D eigenvalue weighted by Crippen LogP contribution is -2.49. The van der Waals surface area contributed by atoms with Crippen LogP contribution in [0.25, 0.3) is 0 Å². The van der Waals surface area contributed by atoms with Crippen LogP contribution in [0.2, 0.25) is 0 Å². The number of carbonyl (C=O) groups excluding carboxylic acids is 1. The minimum absolute atomic E-state index is 0.150. The zero-order chi connectivity index (χ0) is 13.9. The largest absolute Gasteiger partial charge is 0.464 e.